The maximum atomic E-state index is 13.2. The molecular formula is C22H30N4O3. The maximum absolute atomic E-state index is 13.2. The molecule has 0 bridgehead atoms. The number of hydrogen-bond donors (Lipinski definition) is 2. The van der Waals surface area contributed by atoms with Gasteiger partial charge in [-0.15, -0.1) is 0 Å². The number of benzene rings is 1. The molecule has 2 aliphatic heterocycles. The van der Waals surface area contributed by atoms with E-state index in [1.54, 1.807) is 14.2 Å². The summed E-state index contributed by atoms with van der Waals surface area (Å²) in [5, 5.41) is 3.78. The minimum Gasteiger partial charge on any atom is -0.497 e. The van der Waals surface area contributed by atoms with Gasteiger partial charge in [0.25, 0.3) is 5.91 Å². The van der Waals surface area contributed by atoms with Gasteiger partial charge in [0, 0.05) is 37.1 Å². The van der Waals surface area contributed by atoms with Crippen LogP contribution in [0.1, 0.15) is 23.3 Å². The summed E-state index contributed by atoms with van der Waals surface area (Å²) in [7, 11) is 5.45. The van der Waals surface area contributed by atoms with Gasteiger partial charge in [0.05, 0.1) is 13.0 Å². The van der Waals surface area contributed by atoms with E-state index in [2.05, 4.69) is 22.2 Å². The Morgan fingerprint density at radius 1 is 1.17 bits per heavy atom. The van der Waals surface area contributed by atoms with Crippen LogP contribution in [-0.2, 0) is 4.79 Å². The summed E-state index contributed by atoms with van der Waals surface area (Å²) in [6, 6.07) is 7.61. The van der Waals surface area contributed by atoms with Crippen molar-refractivity contribution in [1.82, 2.24) is 20.1 Å². The lowest BCUT2D eigenvalue weighted by Gasteiger charge is -2.34. The molecule has 4 rings (SSSR count). The Balaban J connectivity index is 1.54. The number of aromatic nitrogens is 1. The molecule has 1 aromatic heterocycles. The second kappa shape index (κ2) is 8.06. The molecule has 156 valence electrons. The average molecular weight is 399 g/mol. The number of nitrogens with one attached hydrogen (secondary N) is 2. The van der Waals surface area contributed by atoms with E-state index < -0.39 is 0 Å². The van der Waals surface area contributed by atoms with Crippen molar-refractivity contribution in [2.75, 3.05) is 47.4 Å². The van der Waals surface area contributed by atoms with Crippen molar-refractivity contribution in [3.05, 3.63) is 30.0 Å². The summed E-state index contributed by atoms with van der Waals surface area (Å²) in [4.78, 5) is 33.2. The molecule has 0 spiro atoms. The van der Waals surface area contributed by atoms with Gasteiger partial charge in [0.15, 0.2) is 0 Å². The highest BCUT2D eigenvalue weighted by atomic mass is 16.5. The fourth-order valence-corrected chi connectivity index (χ4v) is 4.91. The van der Waals surface area contributed by atoms with Crippen molar-refractivity contribution in [3.63, 3.8) is 0 Å². The van der Waals surface area contributed by atoms with Crippen LogP contribution in [0.25, 0.3) is 10.9 Å². The standard InChI is InChI=1S/C22H30N4O3/c1-23-21(27)18-13-26(12-17(18)14-6-8-25(2)9-7-14)22(28)20-10-15-4-5-16(29-3)11-19(15)24-20/h4-5,10-11,14,17-18,24H,6-9,12-13H2,1-3H3,(H,23,27). The number of ether oxygens (including phenoxy) is 1. The van der Waals surface area contributed by atoms with E-state index in [0.29, 0.717) is 24.7 Å². The fourth-order valence-electron chi connectivity index (χ4n) is 4.91. The van der Waals surface area contributed by atoms with Gasteiger partial charge in [-0.1, -0.05) is 0 Å². The minimum absolute atomic E-state index is 0.0375. The zero-order chi connectivity index (χ0) is 20.5. The third-order valence-electron chi connectivity index (χ3n) is 6.66. The largest absolute Gasteiger partial charge is 0.497 e. The Morgan fingerprint density at radius 2 is 1.93 bits per heavy atom. The molecule has 2 aliphatic rings. The molecule has 7 heteroatoms. The third-order valence-corrected chi connectivity index (χ3v) is 6.66. The topological polar surface area (TPSA) is 77.7 Å². The molecule has 29 heavy (non-hydrogen) atoms. The van der Waals surface area contributed by atoms with Crippen LogP contribution in [0.2, 0.25) is 0 Å². The van der Waals surface area contributed by atoms with Crippen LogP contribution in [-0.4, -0.2) is 74.0 Å². The summed E-state index contributed by atoms with van der Waals surface area (Å²) in [6.45, 7) is 3.23. The lowest BCUT2D eigenvalue weighted by atomic mass is 9.78. The number of H-pyrrole nitrogens is 1. The predicted molar refractivity (Wildman–Crippen MR) is 112 cm³/mol. The maximum Gasteiger partial charge on any atom is 0.270 e. The van der Waals surface area contributed by atoms with Crippen LogP contribution in [0.15, 0.2) is 24.3 Å². The van der Waals surface area contributed by atoms with Gasteiger partial charge in [0.2, 0.25) is 5.91 Å². The van der Waals surface area contributed by atoms with Crippen molar-refractivity contribution < 1.29 is 14.3 Å². The summed E-state index contributed by atoms with van der Waals surface area (Å²) in [5.41, 5.74) is 1.44. The van der Waals surface area contributed by atoms with Crippen LogP contribution >= 0.6 is 0 Å². The highest BCUT2D eigenvalue weighted by Crippen LogP contribution is 2.36. The normalized spacial score (nSPS) is 23.5. The fraction of sp³-hybridized carbons (Fsp3) is 0.545. The second-order valence-corrected chi connectivity index (χ2v) is 8.37. The van der Waals surface area contributed by atoms with Crippen LogP contribution in [0.3, 0.4) is 0 Å². The molecule has 2 amide bonds. The van der Waals surface area contributed by atoms with Crippen LogP contribution in [0, 0.1) is 17.8 Å². The summed E-state index contributed by atoms with van der Waals surface area (Å²) in [5.74, 6) is 1.33. The first-order valence-corrected chi connectivity index (χ1v) is 10.4. The number of methoxy groups -OCH3 is 1. The third kappa shape index (κ3) is 3.83. The van der Waals surface area contributed by atoms with E-state index in [9.17, 15) is 9.59 Å². The molecule has 2 saturated heterocycles. The summed E-state index contributed by atoms with van der Waals surface area (Å²) < 4.78 is 5.27. The van der Waals surface area contributed by atoms with E-state index in [4.69, 9.17) is 4.74 Å². The minimum atomic E-state index is -0.137. The number of hydrogen-bond acceptors (Lipinski definition) is 4. The van der Waals surface area contributed by atoms with E-state index in [1.165, 1.54) is 0 Å². The molecule has 0 aliphatic carbocycles. The number of piperidine rings is 1. The molecular weight excluding hydrogens is 368 g/mol. The lowest BCUT2D eigenvalue weighted by molar-refractivity contribution is -0.125. The first-order valence-electron chi connectivity index (χ1n) is 10.4. The van der Waals surface area contributed by atoms with Gasteiger partial charge < -0.3 is 24.8 Å². The van der Waals surface area contributed by atoms with Gasteiger partial charge in [-0.3, -0.25) is 9.59 Å². The Labute approximate surface area is 171 Å². The van der Waals surface area contributed by atoms with Gasteiger partial charge in [-0.25, -0.2) is 0 Å². The Morgan fingerprint density at radius 3 is 2.62 bits per heavy atom. The number of carbonyl (C=O) groups excluding carboxylic acids is 2. The summed E-state index contributed by atoms with van der Waals surface area (Å²) in [6.07, 6.45) is 2.17. The van der Waals surface area contributed by atoms with Crippen molar-refractivity contribution in [1.29, 1.82) is 0 Å². The number of nitrogens with zero attached hydrogens (tertiary/aromatic N) is 2. The molecule has 2 fully saturated rings. The molecule has 2 atom stereocenters. The first kappa shape index (κ1) is 19.8. The van der Waals surface area contributed by atoms with Gasteiger partial charge in [-0.05, 0) is 63.0 Å². The molecule has 1 aromatic carbocycles. The highest BCUT2D eigenvalue weighted by molar-refractivity contribution is 5.98. The molecule has 2 unspecified atom stereocenters. The van der Waals surface area contributed by atoms with Crippen molar-refractivity contribution in [2.24, 2.45) is 17.8 Å². The van der Waals surface area contributed by atoms with Crippen molar-refractivity contribution >= 4 is 22.7 Å². The molecule has 7 nitrogen and oxygen atoms in total. The van der Waals surface area contributed by atoms with E-state index in [1.807, 2.05) is 29.2 Å². The van der Waals surface area contributed by atoms with Crippen molar-refractivity contribution in [3.8, 4) is 5.75 Å². The quantitative estimate of drug-likeness (QED) is 0.825. The lowest BCUT2D eigenvalue weighted by Crippen LogP contribution is -2.39. The van der Waals surface area contributed by atoms with Gasteiger partial charge in [0.1, 0.15) is 11.4 Å². The van der Waals surface area contributed by atoms with Gasteiger partial charge >= 0.3 is 0 Å². The van der Waals surface area contributed by atoms with E-state index >= 15 is 0 Å². The first-order chi connectivity index (χ1) is 14.0. The number of rotatable bonds is 4. The smallest absolute Gasteiger partial charge is 0.270 e. The van der Waals surface area contributed by atoms with Crippen LogP contribution in [0.5, 0.6) is 5.75 Å². The van der Waals surface area contributed by atoms with Crippen LogP contribution in [0.4, 0.5) is 0 Å². The average Bonchev–Trinajstić information content (AvgIpc) is 3.37. The Kier molecular flexibility index (Phi) is 5.50. The highest BCUT2D eigenvalue weighted by Gasteiger charge is 2.43. The Hall–Kier alpha value is -2.54. The van der Waals surface area contributed by atoms with E-state index in [-0.39, 0.29) is 23.7 Å². The molecule has 0 saturated carbocycles. The molecule has 2 N–H and O–H groups in total. The number of fused-ring (bicyclic) bond motifs is 1. The Bertz CT molecular complexity index is 901. The number of carbonyl (C=O) groups is 2. The predicted octanol–water partition coefficient (Wildman–Crippen LogP) is 1.95. The number of likely N-dealkylation sites (tertiary alicyclic amines) is 2. The zero-order valence-electron chi connectivity index (χ0n) is 17.4. The van der Waals surface area contributed by atoms with Gasteiger partial charge in [-0.2, -0.15) is 0 Å². The molecule has 0 radical (unpaired) electrons. The SMILES string of the molecule is CNC(=O)C1CN(C(=O)c2cc3ccc(OC)cc3[nH]2)CC1C1CCN(C)CC1. The second-order valence-electron chi connectivity index (χ2n) is 8.37. The molecule has 3 heterocycles. The molecule has 2 aromatic rings. The zero-order valence-corrected chi connectivity index (χ0v) is 17.4. The van der Waals surface area contributed by atoms with Crippen LogP contribution < -0.4 is 10.1 Å². The van der Waals surface area contributed by atoms with E-state index in [0.717, 1.165) is 42.6 Å². The number of amides is 2. The monoisotopic (exact) mass is 398 g/mol. The van der Waals surface area contributed by atoms with Crippen molar-refractivity contribution in [2.45, 2.75) is 12.8 Å². The summed E-state index contributed by atoms with van der Waals surface area (Å²) >= 11 is 0. The number of aromatic amines is 1.